The molecule has 0 aromatic heterocycles. The summed E-state index contributed by atoms with van der Waals surface area (Å²) in [7, 11) is 0. The van der Waals surface area contributed by atoms with Crippen LogP contribution in [0, 0.1) is 0 Å². The zero-order chi connectivity index (χ0) is 14.3. The molecule has 6 heteroatoms. The van der Waals surface area contributed by atoms with Gasteiger partial charge in [-0.1, -0.05) is 35.4 Å². The van der Waals surface area contributed by atoms with Crippen molar-refractivity contribution in [2.45, 2.75) is 20.0 Å². The normalized spacial score (nSPS) is 13.4. The van der Waals surface area contributed by atoms with Crippen LogP contribution in [0.3, 0.4) is 0 Å². The van der Waals surface area contributed by atoms with E-state index in [1.165, 1.54) is 5.49 Å². The molecule has 0 bridgehead atoms. The molecule has 1 aromatic rings. The molecule has 0 fully saturated rings. The molecule has 0 saturated heterocycles. The maximum absolute atomic E-state index is 5.97. The van der Waals surface area contributed by atoms with Crippen LogP contribution in [0.5, 0.6) is 0 Å². The van der Waals surface area contributed by atoms with Crippen molar-refractivity contribution >= 4 is 52.9 Å². The van der Waals surface area contributed by atoms with Gasteiger partial charge >= 0.3 is 0 Å². The van der Waals surface area contributed by atoms with E-state index < -0.39 is 0 Å². The highest BCUT2D eigenvalue weighted by molar-refractivity contribution is 7.78. The lowest BCUT2D eigenvalue weighted by Crippen LogP contribution is -2.12. The Bertz CT molecular complexity index is 483. The van der Waals surface area contributed by atoms with Gasteiger partial charge in [0.05, 0.1) is 11.7 Å². The fourth-order valence-electron chi connectivity index (χ4n) is 1.41. The van der Waals surface area contributed by atoms with Crippen molar-refractivity contribution < 1.29 is 4.74 Å². The third kappa shape index (κ3) is 5.59. The monoisotopic (exact) mass is 316 g/mol. The summed E-state index contributed by atoms with van der Waals surface area (Å²) in [6.07, 6.45) is 3.24. The minimum absolute atomic E-state index is 0.216. The Hall–Kier alpha value is -1.10. The quantitative estimate of drug-likeness (QED) is 0.368. The summed E-state index contributed by atoms with van der Waals surface area (Å²) >= 11 is 16.5. The molecule has 1 N–H and O–H groups in total. The highest BCUT2D eigenvalue weighted by atomic mass is 35.5. The molecule has 3 nitrogen and oxygen atoms in total. The second-order valence-electron chi connectivity index (χ2n) is 3.66. The summed E-state index contributed by atoms with van der Waals surface area (Å²) in [5, 5.41) is 4.99. The van der Waals surface area contributed by atoms with Gasteiger partial charge in [0.2, 0.25) is 0 Å². The molecular weight excluding hydrogens is 303 g/mol. The molecule has 0 saturated carbocycles. The van der Waals surface area contributed by atoms with Gasteiger partial charge in [0, 0.05) is 15.6 Å². The number of ether oxygens (including phenoxy) is 1. The predicted molar refractivity (Wildman–Crippen MR) is 85.9 cm³/mol. The molecule has 1 unspecified atom stereocenters. The maximum atomic E-state index is 5.97. The first-order chi connectivity index (χ1) is 9.06. The van der Waals surface area contributed by atoms with Crippen molar-refractivity contribution in [3.8, 4) is 0 Å². The van der Waals surface area contributed by atoms with Gasteiger partial charge in [-0.3, -0.25) is 5.43 Å². The van der Waals surface area contributed by atoms with Crippen LogP contribution in [0.4, 0.5) is 0 Å². The third-order valence-electron chi connectivity index (χ3n) is 2.13. The maximum Gasteiger partial charge on any atom is 0.133 e. The number of hydrogen-bond donors (Lipinski definition) is 1. The highest BCUT2D eigenvalue weighted by Gasteiger charge is 2.08. The number of hydrazone groups is 1. The van der Waals surface area contributed by atoms with E-state index in [0.717, 1.165) is 5.56 Å². The molecule has 0 radical (unpaired) electrons. The number of thiocarbonyl (C=S) groups is 1. The van der Waals surface area contributed by atoms with E-state index in [1.807, 2.05) is 19.9 Å². The van der Waals surface area contributed by atoms with Crippen molar-refractivity contribution in [2.75, 3.05) is 0 Å². The minimum atomic E-state index is -0.216. The standard InChI is InChI=1S/C13H14Cl2N2OS/c1-3-13(18-9(2)7-16-17-8-19)10-4-11(14)6-12(15)5-10/h3-9H,1-2H3,(H,17,19)/b13-3-,16-7+. The lowest BCUT2D eigenvalue weighted by molar-refractivity contribution is 0.250. The fourth-order valence-corrected chi connectivity index (χ4v) is 1.99. The molecule has 1 rings (SSSR count). The van der Waals surface area contributed by atoms with Crippen molar-refractivity contribution in [3.05, 3.63) is 39.9 Å². The number of allylic oxidation sites excluding steroid dienone is 1. The lowest BCUT2D eigenvalue weighted by atomic mass is 10.2. The average Bonchev–Trinajstić information content (AvgIpc) is 2.35. The van der Waals surface area contributed by atoms with Gasteiger partial charge in [-0.25, -0.2) is 0 Å². The van der Waals surface area contributed by atoms with Gasteiger partial charge in [-0.15, -0.1) is 0 Å². The van der Waals surface area contributed by atoms with Crippen LogP contribution in [-0.2, 0) is 4.74 Å². The van der Waals surface area contributed by atoms with Crippen LogP contribution in [0.1, 0.15) is 19.4 Å². The number of rotatable bonds is 6. The summed E-state index contributed by atoms with van der Waals surface area (Å²) in [4.78, 5) is 0. The Balaban J connectivity index is 2.81. The zero-order valence-corrected chi connectivity index (χ0v) is 12.9. The Morgan fingerprint density at radius 3 is 2.53 bits per heavy atom. The van der Waals surface area contributed by atoms with E-state index in [2.05, 4.69) is 22.7 Å². The Kier molecular flexibility index (Phi) is 6.84. The van der Waals surface area contributed by atoms with E-state index >= 15 is 0 Å². The predicted octanol–water partition coefficient (Wildman–Crippen LogP) is 4.29. The summed E-state index contributed by atoms with van der Waals surface area (Å²) in [5.41, 5.74) is 4.68. The van der Waals surface area contributed by atoms with Crippen molar-refractivity contribution in [1.29, 1.82) is 0 Å². The largest absolute Gasteiger partial charge is 0.485 e. The Labute approximate surface area is 128 Å². The van der Waals surface area contributed by atoms with Crippen LogP contribution < -0.4 is 5.43 Å². The summed E-state index contributed by atoms with van der Waals surface area (Å²) in [5.74, 6) is 0.686. The highest BCUT2D eigenvalue weighted by Crippen LogP contribution is 2.25. The van der Waals surface area contributed by atoms with Gasteiger partial charge in [-0.05, 0) is 38.1 Å². The molecular formula is C13H14Cl2N2OS. The van der Waals surface area contributed by atoms with E-state index in [9.17, 15) is 0 Å². The van der Waals surface area contributed by atoms with Gasteiger partial charge in [0.15, 0.2) is 0 Å². The van der Waals surface area contributed by atoms with Gasteiger partial charge in [0.1, 0.15) is 11.9 Å². The van der Waals surface area contributed by atoms with Crippen LogP contribution in [0.25, 0.3) is 5.76 Å². The van der Waals surface area contributed by atoms with Crippen molar-refractivity contribution in [1.82, 2.24) is 5.43 Å². The fraction of sp³-hybridized carbons (Fsp3) is 0.231. The van der Waals surface area contributed by atoms with Crippen molar-refractivity contribution in [2.24, 2.45) is 5.10 Å². The van der Waals surface area contributed by atoms with Crippen LogP contribution >= 0.6 is 35.4 Å². The average molecular weight is 317 g/mol. The summed E-state index contributed by atoms with van der Waals surface area (Å²) in [6, 6.07) is 5.26. The first-order valence-electron chi connectivity index (χ1n) is 5.58. The van der Waals surface area contributed by atoms with E-state index in [1.54, 1.807) is 24.4 Å². The third-order valence-corrected chi connectivity index (χ3v) is 2.68. The van der Waals surface area contributed by atoms with Crippen LogP contribution in [0.15, 0.2) is 29.4 Å². The number of nitrogens with one attached hydrogen (secondary N) is 1. The molecule has 0 heterocycles. The Morgan fingerprint density at radius 1 is 1.37 bits per heavy atom. The molecule has 0 spiro atoms. The van der Waals surface area contributed by atoms with Gasteiger partial charge in [-0.2, -0.15) is 5.10 Å². The van der Waals surface area contributed by atoms with Gasteiger partial charge < -0.3 is 4.74 Å². The molecule has 0 aliphatic carbocycles. The molecule has 19 heavy (non-hydrogen) atoms. The molecule has 0 aliphatic heterocycles. The number of halogens is 2. The number of nitrogens with zero attached hydrogens (tertiary/aromatic N) is 1. The van der Waals surface area contributed by atoms with Gasteiger partial charge in [0.25, 0.3) is 0 Å². The van der Waals surface area contributed by atoms with Crippen molar-refractivity contribution in [3.63, 3.8) is 0 Å². The summed E-state index contributed by atoms with van der Waals surface area (Å²) < 4.78 is 5.75. The summed E-state index contributed by atoms with van der Waals surface area (Å²) in [6.45, 7) is 3.74. The van der Waals surface area contributed by atoms with Crippen LogP contribution in [0.2, 0.25) is 10.0 Å². The van der Waals surface area contributed by atoms with E-state index in [0.29, 0.717) is 15.8 Å². The second-order valence-corrected chi connectivity index (χ2v) is 4.77. The topological polar surface area (TPSA) is 33.6 Å². The number of hydrogen-bond acceptors (Lipinski definition) is 3. The molecule has 0 aliphatic rings. The Morgan fingerprint density at radius 2 is 2.00 bits per heavy atom. The lowest BCUT2D eigenvalue weighted by Gasteiger charge is -2.14. The molecule has 1 aromatic carbocycles. The van der Waals surface area contributed by atoms with E-state index in [4.69, 9.17) is 27.9 Å². The van der Waals surface area contributed by atoms with E-state index in [-0.39, 0.29) is 6.10 Å². The molecule has 1 atom stereocenters. The SMILES string of the molecule is C/C=C(\OC(C)/C=N/NC=S)c1cc(Cl)cc(Cl)c1. The molecule has 0 amide bonds. The zero-order valence-electron chi connectivity index (χ0n) is 10.6. The first kappa shape index (κ1) is 16.0. The first-order valence-corrected chi connectivity index (χ1v) is 6.81. The molecule has 102 valence electrons. The second kappa shape index (κ2) is 8.15. The van der Waals surface area contributed by atoms with Crippen LogP contribution in [-0.4, -0.2) is 17.8 Å². The smallest absolute Gasteiger partial charge is 0.133 e. The minimum Gasteiger partial charge on any atom is -0.485 e. The number of benzene rings is 1.